The van der Waals surface area contributed by atoms with Crippen molar-refractivity contribution >= 4 is 17.9 Å². The van der Waals surface area contributed by atoms with E-state index < -0.39 is 29.6 Å². The molecule has 0 aliphatic carbocycles. The molecule has 2 N–H and O–H groups in total. The number of nitrogens with one attached hydrogen (secondary N) is 2. The molecular formula is C20H34N4O5. The molecule has 1 aliphatic rings. The lowest BCUT2D eigenvalue weighted by molar-refractivity contribution is -0.155. The third-order valence-corrected chi connectivity index (χ3v) is 4.15. The second-order valence-electron chi connectivity index (χ2n) is 8.55. The number of amides is 3. The van der Waals surface area contributed by atoms with Crippen molar-refractivity contribution in [3.63, 3.8) is 0 Å². The summed E-state index contributed by atoms with van der Waals surface area (Å²) < 4.78 is 10.5. The monoisotopic (exact) mass is 410 g/mol. The van der Waals surface area contributed by atoms with Crippen molar-refractivity contribution in [3.8, 4) is 6.07 Å². The van der Waals surface area contributed by atoms with Crippen LogP contribution in [-0.4, -0.2) is 66.8 Å². The first-order valence-corrected chi connectivity index (χ1v) is 10.1. The Morgan fingerprint density at radius 2 is 1.79 bits per heavy atom. The van der Waals surface area contributed by atoms with Crippen LogP contribution in [0.15, 0.2) is 0 Å². The SMILES string of the molecule is CC(C)C[C@H](NC(=O)N1CCOCC1)C(=O)N[C@H](C#N)CCC(=O)OC(C)(C)C. The zero-order valence-electron chi connectivity index (χ0n) is 18.1. The van der Waals surface area contributed by atoms with Crippen LogP contribution in [0.5, 0.6) is 0 Å². The Labute approximate surface area is 173 Å². The fraction of sp³-hybridized carbons (Fsp3) is 0.800. The van der Waals surface area contributed by atoms with Gasteiger partial charge in [-0.1, -0.05) is 13.8 Å². The Balaban J connectivity index is 2.63. The number of morpholine rings is 1. The van der Waals surface area contributed by atoms with Crippen LogP contribution in [0, 0.1) is 17.2 Å². The molecule has 9 nitrogen and oxygen atoms in total. The van der Waals surface area contributed by atoms with E-state index in [2.05, 4.69) is 10.6 Å². The van der Waals surface area contributed by atoms with Gasteiger partial charge in [-0.05, 0) is 39.5 Å². The fourth-order valence-corrected chi connectivity index (χ4v) is 2.81. The number of rotatable bonds is 8. The average molecular weight is 411 g/mol. The molecule has 2 atom stereocenters. The summed E-state index contributed by atoms with van der Waals surface area (Å²) in [6, 6.07) is 0.0699. The number of ether oxygens (including phenoxy) is 2. The highest BCUT2D eigenvalue weighted by Gasteiger charge is 2.27. The first-order valence-electron chi connectivity index (χ1n) is 10.1. The maximum Gasteiger partial charge on any atom is 0.318 e. The number of hydrogen-bond donors (Lipinski definition) is 2. The van der Waals surface area contributed by atoms with Crippen molar-refractivity contribution in [2.24, 2.45) is 5.92 Å². The lowest BCUT2D eigenvalue weighted by atomic mass is 10.0. The van der Waals surface area contributed by atoms with E-state index in [0.29, 0.717) is 32.7 Å². The smallest absolute Gasteiger partial charge is 0.318 e. The number of carbonyl (C=O) groups excluding carboxylic acids is 3. The maximum absolute atomic E-state index is 12.7. The van der Waals surface area contributed by atoms with Crippen LogP contribution < -0.4 is 10.6 Å². The van der Waals surface area contributed by atoms with Gasteiger partial charge in [0.1, 0.15) is 17.7 Å². The van der Waals surface area contributed by atoms with Gasteiger partial charge in [-0.15, -0.1) is 0 Å². The topological polar surface area (TPSA) is 121 Å². The minimum absolute atomic E-state index is 0.0186. The molecule has 0 unspecified atom stereocenters. The van der Waals surface area contributed by atoms with Gasteiger partial charge in [-0.25, -0.2) is 4.79 Å². The molecule has 1 rings (SSSR count). The molecule has 164 valence electrons. The Hall–Kier alpha value is -2.34. The maximum atomic E-state index is 12.7. The number of nitrogens with zero attached hydrogens (tertiary/aromatic N) is 2. The van der Waals surface area contributed by atoms with Gasteiger partial charge in [0.25, 0.3) is 0 Å². The van der Waals surface area contributed by atoms with Gasteiger partial charge in [-0.2, -0.15) is 5.26 Å². The molecule has 1 saturated heterocycles. The highest BCUT2D eigenvalue weighted by Crippen LogP contribution is 2.11. The van der Waals surface area contributed by atoms with E-state index in [4.69, 9.17) is 9.47 Å². The van der Waals surface area contributed by atoms with E-state index in [0.717, 1.165) is 0 Å². The van der Waals surface area contributed by atoms with Crippen LogP contribution in [0.1, 0.15) is 53.9 Å². The second kappa shape index (κ2) is 11.6. The molecule has 0 spiro atoms. The van der Waals surface area contributed by atoms with Crippen molar-refractivity contribution in [2.45, 2.75) is 71.6 Å². The van der Waals surface area contributed by atoms with Crippen molar-refractivity contribution in [2.75, 3.05) is 26.3 Å². The first-order chi connectivity index (χ1) is 13.5. The van der Waals surface area contributed by atoms with Crippen LogP contribution >= 0.6 is 0 Å². The van der Waals surface area contributed by atoms with Gasteiger partial charge in [-0.3, -0.25) is 9.59 Å². The van der Waals surface area contributed by atoms with E-state index >= 15 is 0 Å². The predicted molar refractivity (Wildman–Crippen MR) is 107 cm³/mol. The molecule has 1 fully saturated rings. The van der Waals surface area contributed by atoms with E-state index in [-0.39, 0.29) is 24.8 Å². The van der Waals surface area contributed by atoms with Gasteiger partial charge >= 0.3 is 12.0 Å². The highest BCUT2D eigenvalue weighted by atomic mass is 16.6. The summed E-state index contributed by atoms with van der Waals surface area (Å²) >= 11 is 0. The van der Waals surface area contributed by atoms with Gasteiger partial charge in [0.15, 0.2) is 0 Å². The number of hydrogen-bond acceptors (Lipinski definition) is 6. The zero-order chi connectivity index (χ0) is 22.0. The summed E-state index contributed by atoms with van der Waals surface area (Å²) in [6.07, 6.45) is 0.597. The standard InChI is InChI=1S/C20H34N4O5/c1-14(2)12-16(23-19(27)24-8-10-28-11-9-24)18(26)22-15(13-21)6-7-17(25)29-20(3,4)5/h14-16H,6-12H2,1-5H3,(H,22,26)(H,23,27)/t15-,16-/m0/s1. The summed E-state index contributed by atoms with van der Waals surface area (Å²) in [5.74, 6) is -0.694. The molecule has 0 aromatic rings. The third-order valence-electron chi connectivity index (χ3n) is 4.15. The summed E-state index contributed by atoms with van der Waals surface area (Å²) in [7, 11) is 0. The van der Waals surface area contributed by atoms with Crippen molar-refractivity contribution in [3.05, 3.63) is 0 Å². The van der Waals surface area contributed by atoms with Gasteiger partial charge < -0.3 is 25.0 Å². The molecule has 9 heteroatoms. The van der Waals surface area contributed by atoms with Crippen molar-refractivity contribution in [1.82, 2.24) is 15.5 Å². The molecule has 1 aliphatic heterocycles. The number of carbonyl (C=O) groups is 3. The van der Waals surface area contributed by atoms with Gasteiger partial charge in [0.05, 0.1) is 19.3 Å². The molecule has 0 aromatic carbocycles. The summed E-state index contributed by atoms with van der Waals surface area (Å²) in [4.78, 5) is 38.6. The van der Waals surface area contributed by atoms with E-state index in [1.54, 1.807) is 25.7 Å². The molecule has 0 radical (unpaired) electrons. The number of esters is 1. The third kappa shape index (κ3) is 10.1. The van der Waals surface area contributed by atoms with Gasteiger partial charge in [0, 0.05) is 19.5 Å². The second-order valence-corrected chi connectivity index (χ2v) is 8.55. The summed E-state index contributed by atoms with van der Waals surface area (Å²) in [5, 5.41) is 14.7. The van der Waals surface area contributed by atoms with Crippen molar-refractivity contribution in [1.29, 1.82) is 5.26 Å². The van der Waals surface area contributed by atoms with E-state index in [1.807, 2.05) is 19.9 Å². The molecule has 1 heterocycles. The number of nitriles is 1. The minimum Gasteiger partial charge on any atom is -0.460 e. The lowest BCUT2D eigenvalue weighted by Crippen LogP contribution is -2.55. The molecular weight excluding hydrogens is 376 g/mol. The van der Waals surface area contributed by atoms with Crippen LogP contribution in [-0.2, 0) is 19.1 Å². The van der Waals surface area contributed by atoms with Crippen molar-refractivity contribution < 1.29 is 23.9 Å². The van der Waals surface area contributed by atoms with Crippen LogP contribution in [0.25, 0.3) is 0 Å². The average Bonchev–Trinajstić information content (AvgIpc) is 2.63. The Morgan fingerprint density at radius 3 is 2.31 bits per heavy atom. The quantitative estimate of drug-likeness (QED) is 0.586. The minimum atomic E-state index is -0.843. The Bertz CT molecular complexity index is 603. The Kier molecular flexibility index (Phi) is 9.89. The molecule has 0 bridgehead atoms. The highest BCUT2D eigenvalue weighted by molar-refractivity contribution is 5.87. The predicted octanol–water partition coefficient (Wildman–Crippen LogP) is 1.57. The zero-order valence-corrected chi connectivity index (χ0v) is 18.1. The largest absolute Gasteiger partial charge is 0.460 e. The van der Waals surface area contributed by atoms with Crippen LogP contribution in [0.2, 0.25) is 0 Å². The number of urea groups is 1. The molecule has 3 amide bonds. The lowest BCUT2D eigenvalue weighted by Gasteiger charge is -2.29. The van der Waals surface area contributed by atoms with E-state index in [1.165, 1.54) is 0 Å². The van der Waals surface area contributed by atoms with Crippen LogP contribution in [0.3, 0.4) is 0 Å². The van der Waals surface area contributed by atoms with E-state index in [9.17, 15) is 19.6 Å². The first kappa shape index (κ1) is 24.7. The Morgan fingerprint density at radius 1 is 1.17 bits per heavy atom. The molecule has 29 heavy (non-hydrogen) atoms. The van der Waals surface area contributed by atoms with Crippen LogP contribution in [0.4, 0.5) is 4.79 Å². The molecule has 0 saturated carbocycles. The summed E-state index contributed by atoms with van der Waals surface area (Å²) in [6.45, 7) is 11.1. The molecule has 0 aromatic heterocycles. The fourth-order valence-electron chi connectivity index (χ4n) is 2.81. The van der Waals surface area contributed by atoms with Gasteiger partial charge in [0.2, 0.25) is 5.91 Å². The normalized spacial score (nSPS) is 16.5. The summed E-state index contributed by atoms with van der Waals surface area (Å²) in [5.41, 5.74) is -0.603.